The lowest BCUT2D eigenvalue weighted by Gasteiger charge is -2.27. The highest BCUT2D eigenvalue weighted by atomic mass is 15.3. The van der Waals surface area contributed by atoms with E-state index in [-0.39, 0.29) is 0 Å². The summed E-state index contributed by atoms with van der Waals surface area (Å²) in [6.45, 7) is 5.28. The molecule has 0 aromatic heterocycles. The summed E-state index contributed by atoms with van der Waals surface area (Å²) in [5.41, 5.74) is 0. The topological polar surface area (TPSA) is 42.6 Å². The van der Waals surface area contributed by atoms with Gasteiger partial charge in [-0.15, -0.1) is 4.99 Å². The van der Waals surface area contributed by atoms with Gasteiger partial charge in [0.2, 0.25) is 12.2 Å². The summed E-state index contributed by atoms with van der Waals surface area (Å²) >= 11 is 0. The molecule has 80 valence electrons. The first-order valence-corrected chi connectivity index (χ1v) is 4.88. The summed E-state index contributed by atoms with van der Waals surface area (Å²) in [6, 6.07) is 0. The van der Waals surface area contributed by atoms with Crippen LogP contribution in [0.2, 0.25) is 0 Å². The molecular weight excluding hydrogens is 176 g/mol. The Kier molecular flexibility index (Phi) is 5.70. The number of nitrogens with zero attached hydrogens (tertiary/aromatic N) is 4. The fourth-order valence-corrected chi connectivity index (χ4v) is 1.25. The molecule has 1 atom stereocenters. The first-order chi connectivity index (χ1) is 6.52. The predicted molar refractivity (Wildman–Crippen MR) is 58.8 cm³/mol. The summed E-state index contributed by atoms with van der Waals surface area (Å²) in [4.78, 5) is 7.65. The van der Waals surface area contributed by atoms with Crippen LogP contribution in [-0.2, 0) is 0 Å². The molecule has 0 aliphatic carbocycles. The molecule has 0 spiro atoms. The molecule has 4 nitrogen and oxygen atoms in total. The van der Waals surface area contributed by atoms with E-state index in [1.54, 1.807) is 0 Å². The smallest absolute Gasteiger partial charge is 0.211 e. The molecule has 0 bridgehead atoms. The Bertz CT molecular complexity index is 227. The largest absolute Gasteiger partial charge is 0.348 e. The highest BCUT2D eigenvalue weighted by Crippen LogP contribution is 2.04. The first-order valence-electron chi connectivity index (χ1n) is 4.88. The fraction of sp³-hybridized carbons (Fsp3) is 0.800. The van der Waals surface area contributed by atoms with Crippen molar-refractivity contribution in [2.45, 2.75) is 20.3 Å². The Labute approximate surface area is 86.8 Å². The van der Waals surface area contributed by atoms with Crippen LogP contribution in [0.3, 0.4) is 0 Å². The van der Waals surface area contributed by atoms with Gasteiger partial charge in [0.1, 0.15) is 0 Å². The van der Waals surface area contributed by atoms with Crippen LogP contribution in [0.5, 0.6) is 0 Å². The SMILES string of the molecule is CCC(C)CN(C)/C(=N/C#N)N(C)C. The van der Waals surface area contributed by atoms with Gasteiger partial charge in [-0.25, -0.2) is 0 Å². The van der Waals surface area contributed by atoms with Gasteiger partial charge in [0.15, 0.2) is 0 Å². The number of aliphatic imine (C=N–C) groups is 1. The van der Waals surface area contributed by atoms with E-state index in [2.05, 4.69) is 18.8 Å². The van der Waals surface area contributed by atoms with Gasteiger partial charge >= 0.3 is 0 Å². The molecule has 0 heterocycles. The predicted octanol–water partition coefficient (Wildman–Crippen LogP) is 1.36. The van der Waals surface area contributed by atoms with Gasteiger partial charge in [-0.3, -0.25) is 0 Å². The zero-order valence-electron chi connectivity index (χ0n) is 9.78. The number of hydrogen-bond acceptors (Lipinski definition) is 2. The molecule has 0 aliphatic rings. The fourth-order valence-electron chi connectivity index (χ4n) is 1.25. The van der Waals surface area contributed by atoms with Crippen molar-refractivity contribution in [3.63, 3.8) is 0 Å². The summed E-state index contributed by atoms with van der Waals surface area (Å²) in [5, 5.41) is 8.53. The van der Waals surface area contributed by atoms with Gasteiger partial charge in [-0.05, 0) is 5.92 Å². The lowest BCUT2D eigenvalue weighted by atomic mass is 10.1. The molecule has 0 rings (SSSR count). The van der Waals surface area contributed by atoms with Gasteiger partial charge in [0, 0.05) is 27.7 Å². The highest BCUT2D eigenvalue weighted by molar-refractivity contribution is 5.80. The molecule has 1 unspecified atom stereocenters. The third kappa shape index (κ3) is 4.13. The van der Waals surface area contributed by atoms with Crippen molar-refractivity contribution >= 4 is 5.96 Å². The van der Waals surface area contributed by atoms with Crippen molar-refractivity contribution in [1.82, 2.24) is 9.80 Å². The van der Waals surface area contributed by atoms with Gasteiger partial charge < -0.3 is 9.80 Å². The minimum atomic E-state index is 0.615. The van der Waals surface area contributed by atoms with E-state index in [4.69, 9.17) is 5.26 Å². The second-order valence-electron chi connectivity index (χ2n) is 3.80. The molecule has 4 heteroatoms. The molecule has 0 radical (unpaired) electrons. The maximum absolute atomic E-state index is 8.53. The van der Waals surface area contributed by atoms with Crippen LogP contribution in [-0.4, -0.2) is 43.4 Å². The maximum Gasteiger partial charge on any atom is 0.211 e. The molecule has 14 heavy (non-hydrogen) atoms. The summed E-state index contributed by atoms with van der Waals surface area (Å²) in [5.74, 6) is 1.33. The van der Waals surface area contributed by atoms with Gasteiger partial charge in [-0.2, -0.15) is 5.26 Å². The standard InChI is InChI=1S/C10H20N4/c1-6-9(2)7-14(5)10(12-8-11)13(3)4/h9H,6-7H2,1-5H3/b12-10+. The van der Waals surface area contributed by atoms with Crippen molar-refractivity contribution in [3.8, 4) is 6.19 Å². The van der Waals surface area contributed by atoms with Crippen molar-refractivity contribution in [2.24, 2.45) is 10.9 Å². The Morgan fingerprint density at radius 1 is 1.43 bits per heavy atom. The number of nitriles is 1. The second-order valence-corrected chi connectivity index (χ2v) is 3.80. The minimum Gasteiger partial charge on any atom is -0.348 e. The third-order valence-electron chi connectivity index (χ3n) is 2.17. The maximum atomic E-state index is 8.53. The van der Waals surface area contributed by atoms with E-state index in [1.165, 1.54) is 0 Å². The lowest BCUT2D eigenvalue weighted by molar-refractivity contribution is 0.358. The Morgan fingerprint density at radius 3 is 2.36 bits per heavy atom. The summed E-state index contributed by atoms with van der Waals surface area (Å²) in [7, 11) is 5.74. The van der Waals surface area contributed by atoms with Crippen LogP contribution in [0, 0.1) is 17.4 Å². The number of guanidine groups is 1. The van der Waals surface area contributed by atoms with Crippen LogP contribution in [0.4, 0.5) is 0 Å². The van der Waals surface area contributed by atoms with Gasteiger partial charge in [0.25, 0.3) is 0 Å². The van der Waals surface area contributed by atoms with E-state index in [0.29, 0.717) is 11.9 Å². The normalized spacial score (nSPS) is 13.3. The van der Waals surface area contributed by atoms with Crippen LogP contribution >= 0.6 is 0 Å². The Hall–Kier alpha value is -1.24. The van der Waals surface area contributed by atoms with Crippen molar-refractivity contribution in [1.29, 1.82) is 5.26 Å². The number of rotatable bonds is 3. The molecule has 0 saturated heterocycles. The molecule has 0 saturated carbocycles. The van der Waals surface area contributed by atoms with Gasteiger partial charge in [-0.1, -0.05) is 20.3 Å². The van der Waals surface area contributed by atoms with E-state index in [0.717, 1.165) is 13.0 Å². The van der Waals surface area contributed by atoms with E-state index >= 15 is 0 Å². The molecular formula is C10H20N4. The zero-order valence-corrected chi connectivity index (χ0v) is 9.78. The minimum absolute atomic E-state index is 0.615. The Morgan fingerprint density at radius 2 is 2.00 bits per heavy atom. The average molecular weight is 196 g/mol. The van der Waals surface area contributed by atoms with E-state index < -0.39 is 0 Å². The highest BCUT2D eigenvalue weighted by Gasteiger charge is 2.11. The first kappa shape index (κ1) is 12.8. The molecule has 0 aromatic rings. The molecule has 0 amide bonds. The van der Waals surface area contributed by atoms with E-state index in [9.17, 15) is 0 Å². The van der Waals surface area contributed by atoms with Gasteiger partial charge in [0.05, 0.1) is 0 Å². The average Bonchev–Trinajstić information content (AvgIpc) is 2.13. The monoisotopic (exact) mass is 196 g/mol. The zero-order chi connectivity index (χ0) is 11.1. The van der Waals surface area contributed by atoms with Crippen LogP contribution < -0.4 is 0 Å². The van der Waals surface area contributed by atoms with Crippen molar-refractivity contribution in [2.75, 3.05) is 27.7 Å². The van der Waals surface area contributed by atoms with Crippen LogP contribution in [0.15, 0.2) is 4.99 Å². The molecule has 0 N–H and O–H groups in total. The Balaban J connectivity index is 4.40. The third-order valence-corrected chi connectivity index (χ3v) is 2.17. The molecule has 0 aliphatic heterocycles. The number of hydrogen-bond donors (Lipinski definition) is 0. The van der Waals surface area contributed by atoms with E-state index in [1.807, 2.05) is 37.1 Å². The van der Waals surface area contributed by atoms with Crippen molar-refractivity contribution < 1.29 is 0 Å². The quantitative estimate of drug-likeness (QED) is 0.389. The summed E-state index contributed by atoms with van der Waals surface area (Å²) in [6.07, 6.45) is 2.96. The van der Waals surface area contributed by atoms with Crippen molar-refractivity contribution in [3.05, 3.63) is 0 Å². The van der Waals surface area contributed by atoms with Crippen LogP contribution in [0.25, 0.3) is 0 Å². The molecule has 0 fully saturated rings. The second kappa shape index (κ2) is 6.25. The molecule has 0 aromatic carbocycles. The lowest BCUT2D eigenvalue weighted by Crippen LogP contribution is -2.40. The van der Waals surface area contributed by atoms with Crippen LogP contribution in [0.1, 0.15) is 20.3 Å². The summed E-state index contributed by atoms with van der Waals surface area (Å²) < 4.78 is 0.